The molecule has 1 unspecified atom stereocenters. The quantitative estimate of drug-likeness (QED) is 0.631. The number of carbonyl (C=O) groups is 1. The standard InChI is InChI=1S/C12H21NO/c1-4-6-10(3)11-7-8-13(9-11)12(14)5-2/h5,10-11H,2,4,6-9H2,1,3H3/t10-,11?/m0/s1. The van der Waals surface area contributed by atoms with Crippen LogP contribution in [0.15, 0.2) is 12.7 Å². The molecule has 0 aliphatic carbocycles. The van der Waals surface area contributed by atoms with Crippen molar-refractivity contribution < 1.29 is 4.79 Å². The van der Waals surface area contributed by atoms with Crippen molar-refractivity contribution in [2.45, 2.75) is 33.1 Å². The fourth-order valence-electron chi connectivity index (χ4n) is 2.27. The normalized spacial score (nSPS) is 23.6. The van der Waals surface area contributed by atoms with E-state index < -0.39 is 0 Å². The largest absolute Gasteiger partial charge is 0.339 e. The minimum absolute atomic E-state index is 0.0937. The van der Waals surface area contributed by atoms with Crippen molar-refractivity contribution >= 4 is 5.91 Å². The van der Waals surface area contributed by atoms with Crippen molar-refractivity contribution in [2.75, 3.05) is 13.1 Å². The smallest absolute Gasteiger partial charge is 0.245 e. The molecule has 1 amide bonds. The lowest BCUT2D eigenvalue weighted by Crippen LogP contribution is -2.27. The second-order valence-electron chi connectivity index (χ2n) is 4.30. The molecule has 1 saturated heterocycles. The van der Waals surface area contributed by atoms with Gasteiger partial charge < -0.3 is 4.90 Å². The van der Waals surface area contributed by atoms with Crippen molar-refractivity contribution in [1.29, 1.82) is 0 Å². The number of hydrogen-bond acceptors (Lipinski definition) is 1. The highest BCUT2D eigenvalue weighted by Crippen LogP contribution is 2.27. The van der Waals surface area contributed by atoms with Crippen LogP contribution < -0.4 is 0 Å². The van der Waals surface area contributed by atoms with Gasteiger partial charge in [0.25, 0.3) is 0 Å². The maximum Gasteiger partial charge on any atom is 0.245 e. The van der Waals surface area contributed by atoms with Crippen LogP contribution in [0, 0.1) is 11.8 Å². The van der Waals surface area contributed by atoms with Gasteiger partial charge >= 0.3 is 0 Å². The van der Waals surface area contributed by atoms with Gasteiger partial charge in [-0.1, -0.05) is 33.3 Å². The van der Waals surface area contributed by atoms with Crippen LogP contribution in [0.4, 0.5) is 0 Å². The van der Waals surface area contributed by atoms with Gasteiger partial charge in [0, 0.05) is 13.1 Å². The van der Waals surface area contributed by atoms with E-state index in [1.165, 1.54) is 25.3 Å². The van der Waals surface area contributed by atoms with E-state index in [-0.39, 0.29) is 5.91 Å². The second-order valence-corrected chi connectivity index (χ2v) is 4.30. The van der Waals surface area contributed by atoms with E-state index in [9.17, 15) is 4.79 Å². The predicted molar refractivity (Wildman–Crippen MR) is 59.0 cm³/mol. The Kier molecular flexibility index (Phi) is 4.18. The molecule has 2 atom stereocenters. The Morgan fingerprint density at radius 2 is 2.43 bits per heavy atom. The lowest BCUT2D eigenvalue weighted by molar-refractivity contribution is -0.125. The zero-order valence-electron chi connectivity index (χ0n) is 9.33. The van der Waals surface area contributed by atoms with Crippen LogP contribution in [0.2, 0.25) is 0 Å². The van der Waals surface area contributed by atoms with Crippen molar-refractivity contribution in [3.63, 3.8) is 0 Å². The first kappa shape index (κ1) is 11.3. The lowest BCUT2D eigenvalue weighted by Gasteiger charge is -2.19. The first-order chi connectivity index (χ1) is 6.69. The van der Waals surface area contributed by atoms with E-state index in [4.69, 9.17) is 0 Å². The van der Waals surface area contributed by atoms with Gasteiger partial charge in [0.05, 0.1) is 0 Å². The van der Waals surface area contributed by atoms with Crippen molar-refractivity contribution in [3.05, 3.63) is 12.7 Å². The van der Waals surface area contributed by atoms with Gasteiger partial charge in [0.15, 0.2) is 0 Å². The van der Waals surface area contributed by atoms with Gasteiger partial charge in [-0.15, -0.1) is 0 Å². The highest BCUT2D eigenvalue weighted by atomic mass is 16.2. The lowest BCUT2D eigenvalue weighted by atomic mass is 9.90. The Morgan fingerprint density at radius 1 is 1.71 bits per heavy atom. The number of amides is 1. The van der Waals surface area contributed by atoms with Crippen molar-refractivity contribution in [3.8, 4) is 0 Å². The molecular formula is C12H21NO. The fraction of sp³-hybridized carbons (Fsp3) is 0.750. The van der Waals surface area contributed by atoms with Crippen LogP contribution in [0.25, 0.3) is 0 Å². The summed E-state index contributed by atoms with van der Waals surface area (Å²) in [6, 6.07) is 0. The summed E-state index contributed by atoms with van der Waals surface area (Å²) in [5.41, 5.74) is 0. The summed E-state index contributed by atoms with van der Waals surface area (Å²) >= 11 is 0. The maximum absolute atomic E-state index is 11.3. The summed E-state index contributed by atoms with van der Waals surface area (Å²) in [5.74, 6) is 1.55. The van der Waals surface area contributed by atoms with E-state index in [1.54, 1.807) is 0 Å². The molecule has 80 valence electrons. The van der Waals surface area contributed by atoms with E-state index in [1.807, 2.05) is 4.90 Å². The fourth-order valence-corrected chi connectivity index (χ4v) is 2.27. The Morgan fingerprint density at radius 3 is 3.00 bits per heavy atom. The van der Waals surface area contributed by atoms with Crippen LogP contribution in [0.1, 0.15) is 33.1 Å². The van der Waals surface area contributed by atoms with E-state index >= 15 is 0 Å². The number of carbonyl (C=O) groups excluding carboxylic acids is 1. The maximum atomic E-state index is 11.3. The van der Waals surface area contributed by atoms with Crippen LogP contribution in [0.5, 0.6) is 0 Å². The monoisotopic (exact) mass is 195 g/mol. The van der Waals surface area contributed by atoms with Gasteiger partial charge in [-0.2, -0.15) is 0 Å². The van der Waals surface area contributed by atoms with Gasteiger partial charge in [0.2, 0.25) is 5.91 Å². The minimum Gasteiger partial charge on any atom is -0.339 e. The number of nitrogens with zero attached hydrogens (tertiary/aromatic N) is 1. The molecule has 0 spiro atoms. The van der Waals surface area contributed by atoms with Gasteiger partial charge in [-0.05, 0) is 24.3 Å². The third-order valence-corrected chi connectivity index (χ3v) is 3.26. The first-order valence-corrected chi connectivity index (χ1v) is 5.60. The predicted octanol–water partition coefficient (Wildman–Crippen LogP) is 2.46. The van der Waals surface area contributed by atoms with Crippen LogP contribution >= 0.6 is 0 Å². The molecule has 0 saturated carbocycles. The molecule has 1 aliphatic rings. The Balaban J connectivity index is 2.40. The molecule has 1 aliphatic heterocycles. The summed E-state index contributed by atoms with van der Waals surface area (Å²) < 4.78 is 0. The van der Waals surface area contributed by atoms with Crippen LogP contribution in [-0.4, -0.2) is 23.9 Å². The molecule has 0 N–H and O–H groups in total. The molecule has 0 aromatic rings. The number of hydrogen-bond donors (Lipinski definition) is 0. The molecule has 1 rings (SSSR count). The Bertz CT molecular complexity index is 212. The number of rotatable bonds is 4. The van der Waals surface area contributed by atoms with E-state index in [0.717, 1.165) is 19.0 Å². The molecule has 0 bridgehead atoms. The van der Waals surface area contributed by atoms with Gasteiger partial charge in [-0.25, -0.2) is 0 Å². The minimum atomic E-state index is 0.0937. The second kappa shape index (κ2) is 5.18. The van der Waals surface area contributed by atoms with Crippen molar-refractivity contribution in [2.24, 2.45) is 11.8 Å². The summed E-state index contributed by atoms with van der Waals surface area (Å²) in [5, 5.41) is 0. The third-order valence-electron chi connectivity index (χ3n) is 3.26. The van der Waals surface area contributed by atoms with Gasteiger partial charge in [0.1, 0.15) is 0 Å². The molecule has 2 nitrogen and oxygen atoms in total. The molecule has 0 aromatic heterocycles. The molecule has 0 aromatic carbocycles. The molecule has 1 heterocycles. The highest BCUT2D eigenvalue weighted by molar-refractivity contribution is 5.87. The molecule has 0 radical (unpaired) electrons. The molecule has 1 fully saturated rings. The Hall–Kier alpha value is -0.790. The summed E-state index contributed by atoms with van der Waals surface area (Å²) in [4.78, 5) is 13.3. The summed E-state index contributed by atoms with van der Waals surface area (Å²) in [7, 11) is 0. The zero-order chi connectivity index (χ0) is 10.6. The summed E-state index contributed by atoms with van der Waals surface area (Å²) in [6.07, 6.45) is 5.11. The highest BCUT2D eigenvalue weighted by Gasteiger charge is 2.28. The Labute approximate surface area is 87.0 Å². The average Bonchev–Trinajstić information content (AvgIpc) is 2.66. The molecular weight excluding hydrogens is 174 g/mol. The molecule has 2 heteroatoms. The number of likely N-dealkylation sites (tertiary alicyclic amines) is 1. The average molecular weight is 195 g/mol. The van der Waals surface area contributed by atoms with E-state index in [2.05, 4.69) is 20.4 Å². The van der Waals surface area contributed by atoms with E-state index in [0.29, 0.717) is 5.92 Å². The van der Waals surface area contributed by atoms with Crippen LogP contribution in [-0.2, 0) is 4.79 Å². The zero-order valence-corrected chi connectivity index (χ0v) is 9.33. The van der Waals surface area contributed by atoms with Crippen LogP contribution in [0.3, 0.4) is 0 Å². The molecule has 14 heavy (non-hydrogen) atoms. The van der Waals surface area contributed by atoms with Crippen molar-refractivity contribution in [1.82, 2.24) is 4.90 Å². The van der Waals surface area contributed by atoms with Gasteiger partial charge in [-0.3, -0.25) is 4.79 Å². The third kappa shape index (κ3) is 2.60. The summed E-state index contributed by atoms with van der Waals surface area (Å²) in [6.45, 7) is 9.90. The SMILES string of the molecule is C=CC(=O)N1CCC([C@@H](C)CCC)C1. The first-order valence-electron chi connectivity index (χ1n) is 5.60. The topological polar surface area (TPSA) is 20.3 Å².